The molecule has 0 bridgehead atoms. The Labute approximate surface area is 198 Å². The fraction of sp³-hybridized carbons (Fsp3) is 0.200. The fourth-order valence-electron chi connectivity index (χ4n) is 3.71. The number of pyridine rings is 1. The summed E-state index contributed by atoms with van der Waals surface area (Å²) in [5.74, 6) is 0.634. The number of hydrogen-bond donors (Lipinski definition) is 3. The first-order chi connectivity index (χ1) is 16.6. The Morgan fingerprint density at radius 1 is 1.12 bits per heavy atom. The van der Waals surface area contributed by atoms with Gasteiger partial charge < -0.3 is 16.0 Å². The van der Waals surface area contributed by atoms with E-state index in [0.717, 1.165) is 33.9 Å². The van der Waals surface area contributed by atoms with Gasteiger partial charge in [-0.05, 0) is 24.3 Å². The topological polar surface area (TPSA) is 97.0 Å². The number of nitrogens with one attached hydrogen (secondary N) is 3. The molecule has 174 valence electrons. The number of aryl methyl sites for hydroxylation is 1. The molecule has 0 saturated carbocycles. The first-order valence-corrected chi connectivity index (χ1v) is 11.2. The van der Waals surface area contributed by atoms with Gasteiger partial charge in [-0.2, -0.15) is 5.10 Å². The lowest BCUT2D eigenvalue weighted by atomic mass is 10.2. The summed E-state index contributed by atoms with van der Waals surface area (Å²) in [5, 5.41) is 14.6. The van der Waals surface area contributed by atoms with E-state index in [2.05, 4.69) is 42.6 Å². The maximum Gasteiger partial charge on any atom is 0.175 e. The number of fused-ring (bicyclic) bond motifs is 1. The Morgan fingerprint density at radius 2 is 1.94 bits per heavy atom. The van der Waals surface area contributed by atoms with E-state index in [1.807, 2.05) is 74.4 Å². The molecule has 1 atom stereocenters. The van der Waals surface area contributed by atoms with E-state index >= 15 is 0 Å². The van der Waals surface area contributed by atoms with E-state index in [1.54, 1.807) is 30.3 Å². The zero-order chi connectivity index (χ0) is 24.1. The van der Waals surface area contributed by atoms with Gasteiger partial charge in [0.2, 0.25) is 0 Å². The molecule has 0 aliphatic carbocycles. The SMILES string of the molecule is C=C(c1cnn(C)c1)n1ccnc(Nc2ccc3c(c2)NC(c2cccnc2)N3)c1=NC.CC. The lowest BCUT2D eigenvalue weighted by Crippen LogP contribution is -2.24. The average Bonchev–Trinajstić information content (AvgIpc) is 3.51. The Bertz CT molecular complexity index is 1350. The molecular formula is C25H29N9. The summed E-state index contributed by atoms with van der Waals surface area (Å²) in [7, 11) is 3.61. The van der Waals surface area contributed by atoms with Gasteiger partial charge in [-0.15, -0.1) is 0 Å². The van der Waals surface area contributed by atoms with Crippen LogP contribution in [0.3, 0.4) is 0 Å². The highest BCUT2D eigenvalue weighted by Gasteiger charge is 2.21. The molecule has 1 aromatic carbocycles. The lowest BCUT2D eigenvalue weighted by Gasteiger charge is -2.13. The zero-order valence-electron chi connectivity index (χ0n) is 19.8. The van der Waals surface area contributed by atoms with E-state index in [4.69, 9.17) is 0 Å². The summed E-state index contributed by atoms with van der Waals surface area (Å²) >= 11 is 0. The molecule has 1 unspecified atom stereocenters. The van der Waals surface area contributed by atoms with Crippen molar-refractivity contribution >= 4 is 28.6 Å². The minimum atomic E-state index is -0.0185. The molecule has 0 radical (unpaired) electrons. The third-order valence-electron chi connectivity index (χ3n) is 5.30. The van der Waals surface area contributed by atoms with Crippen molar-refractivity contribution in [2.24, 2.45) is 12.0 Å². The number of nitrogens with zero attached hydrogens (tertiary/aromatic N) is 6. The first kappa shape index (κ1) is 22.8. The van der Waals surface area contributed by atoms with Crippen molar-refractivity contribution in [3.63, 3.8) is 0 Å². The molecular weight excluding hydrogens is 426 g/mol. The third-order valence-corrected chi connectivity index (χ3v) is 5.30. The fourth-order valence-corrected chi connectivity index (χ4v) is 3.71. The second-order valence-electron chi connectivity index (χ2n) is 7.44. The standard InChI is InChI=1S/C23H23N9.C2H6/c1-15(17-13-27-31(3)14-17)32-10-9-26-22(23(32)24-2)28-18-6-7-19-20(11-18)30-21(29-19)16-5-4-8-25-12-16;1-2/h4-14,21,29-30H,1H2,2-3H3,(H,26,28);1-2H3. The molecule has 3 N–H and O–H groups in total. The molecule has 9 heteroatoms. The molecule has 0 fully saturated rings. The van der Waals surface area contributed by atoms with Gasteiger partial charge in [-0.3, -0.25) is 19.2 Å². The highest BCUT2D eigenvalue weighted by atomic mass is 15.2. The van der Waals surface area contributed by atoms with Crippen LogP contribution in [0.2, 0.25) is 0 Å². The number of anilines is 4. The number of benzene rings is 1. The van der Waals surface area contributed by atoms with E-state index in [0.29, 0.717) is 11.3 Å². The summed E-state index contributed by atoms with van der Waals surface area (Å²) in [5.41, 5.74) is 6.35. The summed E-state index contributed by atoms with van der Waals surface area (Å²) in [6.07, 6.45) is 10.9. The second-order valence-corrected chi connectivity index (χ2v) is 7.44. The predicted octanol–water partition coefficient (Wildman–Crippen LogP) is 4.37. The molecule has 9 nitrogen and oxygen atoms in total. The summed E-state index contributed by atoms with van der Waals surface area (Å²) in [6.45, 7) is 8.22. The average molecular weight is 456 g/mol. The third kappa shape index (κ3) is 4.54. The van der Waals surface area contributed by atoms with Crippen LogP contribution >= 0.6 is 0 Å². The highest BCUT2D eigenvalue weighted by molar-refractivity contribution is 5.80. The normalized spacial score (nSPS) is 14.4. The van der Waals surface area contributed by atoms with Crippen LogP contribution < -0.4 is 21.4 Å². The Balaban J connectivity index is 0.00000133. The number of hydrogen-bond acceptors (Lipinski definition) is 7. The lowest BCUT2D eigenvalue weighted by molar-refractivity contribution is 0.767. The van der Waals surface area contributed by atoms with E-state index < -0.39 is 0 Å². The molecule has 0 spiro atoms. The molecule has 4 heterocycles. The van der Waals surface area contributed by atoms with E-state index in [-0.39, 0.29) is 6.17 Å². The van der Waals surface area contributed by atoms with Gasteiger partial charge in [0.05, 0.1) is 23.3 Å². The number of aromatic nitrogens is 5. The monoisotopic (exact) mass is 455 g/mol. The Kier molecular flexibility index (Phi) is 6.72. The van der Waals surface area contributed by atoms with Gasteiger partial charge in [0.1, 0.15) is 6.17 Å². The minimum Gasteiger partial charge on any atom is -0.360 e. The van der Waals surface area contributed by atoms with Crippen molar-refractivity contribution in [3.05, 3.63) is 90.7 Å². The minimum absolute atomic E-state index is 0.0185. The van der Waals surface area contributed by atoms with Crippen molar-refractivity contribution in [3.8, 4) is 0 Å². The van der Waals surface area contributed by atoms with Gasteiger partial charge >= 0.3 is 0 Å². The second kappa shape index (κ2) is 10.0. The van der Waals surface area contributed by atoms with Crippen molar-refractivity contribution in [1.29, 1.82) is 0 Å². The zero-order valence-corrected chi connectivity index (χ0v) is 19.8. The van der Waals surface area contributed by atoms with Gasteiger partial charge in [-0.1, -0.05) is 26.5 Å². The van der Waals surface area contributed by atoms with Crippen molar-refractivity contribution in [1.82, 2.24) is 24.3 Å². The smallest absolute Gasteiger partial charge is 0.175 e. The summed E-state index contributed by atoms with van der Waals surface area (Å²) in [4.78, 5) is 13.2. The van der Waals surface area contributed by atoms with E-state index in [1.165, 1.54) is 0 Å². The van der Waals surface area contributed by atoms with Crippen LogP contribution in [-0.4, -0.2) is 31.4 Å². The van der Waals surface area contributed by atoms with Crippen molar-refractivity contribution in [2.75, 3.05) is 23.0 Å². The van der Waals surface area contributed by atoms with E-state index in [9.17, 15) is 0 Å². The first-order valence-electron chi connectivity index (χ1n) is 11.2. The maximum absolute atomic E-state index is 4.51. The molecule has 0 amide bonds. The van der Waals surface area contributed by atoms with Gasteiger partial charge in [0, 0.05) is 61.9 Å². The van der Waals surface area contributed by atoms with Crippen molar-refractivity contribution < 1.29 is 0 Å². The van der Waals surface area contributed by atoms with Gasteiger partial charge in [0.15, 0.2) is 11.3 Å². The van der Waals surface area contributed by atoms with Gasteiger partial charge in [-0.25, -0.2) is 4.98 Å². The van der Waals surface area contributed by atoms with Crippen LogP contribution in [0.15, 0.2) is 79.1 Å². The van der Waals surface area contributed by atoms with Crippen LogP contribution in [-0.2, 0) is 7.05 Å². The van der Waals surface area contributed by atoms with Crippen LogP contribution in [0.5, 0.6) is 0 Å². The molecule has 1 aliphatic heterocycles. The quantitative estimate of drug-likeness (QED) is 0.414. The molecule has 0 saturated heterocycles. The van der Waals surface area contributed by atoms with Gasteiger partial charge in [0.25, 0.3) is 0 Å². The number of rotatable bonds is 5. The highest BCUT2D eigenvalue weighted by Crippen LogP contribution is 2.37. The molecule has 5 rings (SSSR count). The largest absolute Gasteiger partial charge is 0.360 e. The molecule has 1 aliphatic rings. The van der Waals surface area contributed by atoms with Crippen LogP contribution in [0, 0.1) is 0 Å². The Morgan fingerprint density at radius 3 is 2.65 bits per heavy atom. The van der Waals surface area contributed by atoms with Crippen molar-refractivity contribution in [2.45, 2.75) is 20.0 Å². The molecule has 3 aromatic heterocycles. The van der Waals surface area contributed by atoms with Crippen LogP contribution in [0.4, 0.5) is 22.9 Å². The summed E-state index contributed by atoms with van der Waals surface area (Å²) in [6, 6.07) is 10.1. The molecule has 4 aromatic rings. The maximum atomic E-state index is 4.51. The van der Waals surface area contributed by atoms with Crippen LogP contribution in [0.1, 0.15) is 31.1 Å². The Hall–Kier alpha value is -4.40. The predicted molar refractivity (Wildman–Crippen MR) is 137 cm³/mol. The van der Waals surface area contributed by atoms with Crippen LogP contribution in [0.25, 0.3) is 5.70 Å². The summed E-state index contributed by atoms with van der Waals surface area (Å²) < 4.78 is 3.65. The molecule has 34 heavy (non-hydrogen) atoms.